The van der Waals surface area contributed by atoms with E-state index in [-0.39, 0.29) is 5.82 Å². The van der Waals surface area contributed by atoms with E-state index in [0.29, 0.717) is 5.56 Å². The van der Waals surface area contributed by atoms with E-state index < -0.39 is 0 Å². The molecule has 2 aromatic heterocycles. The van der Waals surface area contributed by atoms with Gasteiger partial charge in [-0.15, -0.1) is 0 Å². The molecule has 5 rings (SSSR count). The van der Waals surface area contributed by atoms with E-state index >= 15 is 0 Å². The lowest BCUT2D eigenvalue weighted by Crippen LogP contribution is -1.94. The number of H-pyrrole nitrogens is 1. The minimum Gasteiger partial charge on any atom is -0.278 e. The van der Waals surface area contributed by atoms with Gasteiger partial charge in [0.2, 0.25) is 0 Å². The first-order valence-electron chi connectivity index (χ1n) is 8.09. The maximum atomic E-state index is 14.4. The van der Waals surface area contributed by atoms with E-state index in [1.807, 2.05) is 16.8 Å². The highest BCUT2D eigenvalue weighted by Gasteiger charge is 2.25. The second kappa shape index (κ2) is 5.03. The number of benzene rings is 2. The lowest BCUT2D eigenvalue weighted by molar-refractivity contribution is 0.627. The Labute approximate surface area is 137 Å². The molecule has 0 aliphatic carbocycles. The first-order valence-corrected chi connectivity index (χ1v) is 8.09. The van der Waals surface area contributed by atoms with Gasteiger partial charge in [-0.1, -0.05) is 24.3 Å². The number of hydrogen-bond acceptors (Lipinski definition) is 2. The highest BCUT2D eigenvalue weighted by molar-refractivity contribution is 5.89. The molecule has 0 unspecified atom stereocenters. The van der Waals surface area contributed by atoms with E-state index in [1.165, 1.54) is 11.8 Å². The molecule has 0 spiro atoms. The summed E-state index contributed by atoms with van der Waals surface area (Å²) in [5.41, 5.74) is 5.53. The van der Waals surface area contributed by atoms with Gasteiger partial charge in [0.15, 0.2) is 0 Å². The topological polar surface area (TPSA) is 46.5 Å². The van der Waals surface area contributed by atoms with Crippen molar-refractivity contribution in [1.82, 2.24) is 20.0 Å². The number of aryl methyl sites for hydroxylation is 1. The number of aromatic nitrogens is 4. The Morgan fingerprint density at radius 2 is 2.04 bits per heavy atom. The summed E-state index contributed by atoms with van der Waals surface area (Å²) in [6.45, 7) is 0.892. The van der Waals surface area contributed by atoms with Gasteiger partial charge < -0.3 is 0 Å². The molecule has 3 heterocycles. The lowest BCUT2D eigenvalue weighted by atomic mass is 9.97. The van der Waals surface area contributed by atoms with Gasteiger partial charge in [0.05, 0.1) is 11.7 Å². The van der Waals surface area contributed by atoms with Gasteiger partial charge in [0.25, 0.3) is 0 Å². The molecule has 1 N–H and O–H groups in total. The van der Waals surface area contributed by atoms with Crippen LogP contribution in [0.1, 0.15) is 12.1 Å². The summed E-state index contributed by atoms with van der Waals surface area (Å²) in [6, 6.07) is 13.0. The van der Waals surface area contributed by atoms with Crippen LogP contribution in [0, 0.1) is 5.82 Å². The average molecular weight is 318 g/mol. The Morgan fingerprint density at radius 3 is 2.96 bits per heavy atom. The first kappa shape index (κ1) is 13.5. The Morgan fingerprint density at radius 1 is 1.12 bits per heavy atom. The molecular formula is C19H15FN4. The van der Waals surface area contributed by atoms with Gasteiger partial charge >= 0.3 is 0 Å². The smallest absolute Gasteiger partial charge is 0.132 e. The van der Waals surface area contributed by atoms with Crippen molar-refractivity contribution in [3.63, 3.8) is 0 Å². The number of nitrogens with zero attached hydrogens (tertiary/aromatic N) is 3. The van der Waals surface area contributed by atoms with Crippen molar-refractivity contribution in [3.8, 4) is 22.4 Å². The summed E-state index contributed by atoms with van der Waals surface area (Å²) in [5, 5.41) is 12.9. The third-order valence-corrected chi connectivity index (χ3v) is 4.70. The molecule has 118 valence electrons. The Kier molecular flexibility index (Phi) is 2.82. The van der Waals surface area contributed by atoms with Gasteiger partial charge in [-0.3, -0.25) is 9.78 Å². The summed E-state index contributed by atoms with van der Waals surface area (Å²) in [5.74, 6) is -0.238. The molecule has 1 aliphatic rings. The number of rotatable bonds is 2. The predicted molar refractivity (Wildman–Crippen MR) is 91.0 cm³/mol. The highest BCUT2D eigenvalue weighted by atomic mass is 19.1. The van der Waals surface area contributed by atoms with Crippen molar-refractivity contribution >= 4 is 10.9 Å². The molecule has 0 amide bonds. The minimum absolute atomic E-state index is 0.238. The van der Waals surface area contributed by atoms with Gasteiger partial charge in [-0.25, -0.2) is 4.39 Å². The largest absolute Gasteiger partial charge is 0.278 e. The third-order valence-electron chi connectivity index (χ3n) is 4.70. The number of hydrogen-bond donors (Lipinski definition) is 1. The fourth-order valence-electron chi connectivity index (χ4n) is 3.57. The molecule has 2 aromatic carbocycles. The summed E-state index contributed by atoms with van der Waals surface area (Å²) >= 11 is 0. The van der Waals surface area contributed by atoms with Crippen LogP contribution in [0.3, 0.4) is 0 Å². The summed E-state index contributed by atoms with van der Waals surface area (Å²) in [6.07, 6.45) is 3.86. The quantitative estimate of drug-likeness (QED) is 0.603. The molecule has 24 heavy (non-hydrogen) atoms. The molecule has 0 radical (unpaired) electrons. The van der Waals surface area contributed by atoms with E-state index in [9.17, 15) is 4.39 Å². The van der Waals surface area contributed by atoms with Crippen LogP contribution in [0.5, 0.6) is 0 Å². The molecule has 1 aliphatic heterocycles. The molecule has 0 bridgehead atoms. The molecule has 4 aromatic rings. The molecular weight excluding hydrogens is 303 g/mol. The van der Waals surface area contributed by atoms with Crippen LogP contribution in [-0.4, -0.2) is 20.0 Å². The van der Waals surface area contributed by atoms with Crippen LogP contribution in [-0.2, 0) is 13.0 Å². The molecule has 5 heteroatoms. The maximum Gasteiger partial charge on any atom is 0.132 e. The van der Waals surface area contributed by atoms with E-state index in [2.05, 4.69) is 22.3 Å². The van der Waals surface area contributed by atoms with E-state index in [0.717, 1.165) is 47.1 Å². The van der Waals surface area contributed by atoms with Crippen molar-refractivity contribution in [3.05, 3.63) is 60.2 Å². The SMILES string of the molecule is Fc1ccccc1-c1nn2c(c1-c1ccc3cn[nH]c3c1)CCC2. The van der Waals surface area contributed by atoms with Crippen molar-refractivity contribution < 1.29 is 4.39 Å². The Balaban J connectivity index is 1.79. The minimum atomic E-state index is -0.238. The number of fused-ring (bicyclic) bond motifs is 2. The second-order valence-corrected chi connectivity index (χ2v) is 6.15. The molecule has 4 nitrogen and oxygen atoms in total. The van der Waals surface area contributed by atoms with Crippen molar-refractivity contribution in [2.24, 2.45) is 0 Å². The van der Waals surface area contributed by atoms with Crippen molar-refractivity contribution in [2.45, 2.75) is 19.4 Å². The van der Waals surface area contributed by atoms with Gasteiger partial charge in [-0.2, -0.15) is 10.2 Å². The van der Waals surface area contributed by atoms with E-state index in [1.54, 1.807) is 18.3 Å². The third kappa shape index (κ3) is 1.91. The van der Waals surface area contributed by atoms with Crippen LogP contribution in [0.25, 0.3) is 33.3 Å². The van der Waals surface area contributed by atoms with E-state index in [4.69, 9.17) is 5.10 Å². The van der Waals surface area contributed by atoms with Gasteiger partial charge in [-0.05, 0) is 36.6 Å². The molecule has 0 saturated carbocycles. The lowest BCUT2D eigenvalue weighted by Gasteiger charge is -2.07. The van der Waals surface area contributed by atoms with Crippen molar-refractivity contribution in [1.29, 1.82) is 0 Å². The predicted octanol–water partition coefficient (Wildman–Crippen LogP) is 4.18. The summed E-state index contributed by atoms with van der Waals surface area (Å²) in [4.78, 5) is 0. The zero-order valence-electron chi connectivity index (χ0n) is 13.0. The average Bonchev–Trinajstić information content (AvgIpc) is 3.29. The summed E-state index contributed by atoms with van der Waals surface area (Å²) < 4.78 is 16.4. The van der Waals surface area contributed by atoms with Crippen LogP contribution in [0.2, 0.25) is 0 Å². The molecule has 0 atom stereocenters. The van der Waals surface area contributed by atoms with Crippen LogP contribution < -0.4 is 0 Å². The number of aromatic amines is 1. The highest BCUT2D eigenvalue weighted by Crippen LogP contribution is 2.38. The monoisotopic (exact) mass is 318 g/mol. The maximum absolute atomic E-state index is 14.4. The fourth-order valence-corrected chi connectivity index (χ4v) is 3.57. The zero-order valence-corrected chi connectivity index (χ0v) is 13.0. The Bertz CT molecular complexity index is 1060. The Hall–Kier alpha value is -2.95. The fraction of sp³-hybridized carbons (Fsp3) is 0.158. The van der Waals surface area contributed by atoms with Gasteiger partial charge in [0, 0.05) is 28.8 Å². The van der Waals surface area contributed by atoms with Crippen LogP contribution in [0.15, 0.2) is 48.7 Å². The second-order valence-electron chi connectivity index (χ2n) is 6.15. The first-order chi connectivity index (χ1) is 11.8. The van der Waals surface area contributed by atoms with Crippen LogP contribution in [0.4, 0.5) is 4.39 Å². The van der Waals surface area contributed by atoms with Gasteiger partial charge in [0.1, 0.15) is 11.5 Å². The van der Waals surface area contributed by atoms with Crippen LogP contribution >= 0.6 is 0 Å². The summed E-state index contributed by atoms with van der Waals surface area (Å²) in [7, 11) is 0. The zero-order chi connectivity index (χ0) is 16.1. The molecule has 0 saturated heterocycles. The number of nitrogens with one attached hydrogen (secondary N) is 1. The standard InChI is InChI=1S/C19H15FN4/c20-15-5-2-1-4-14(15)19-18(17-6-3-9-24(17)23-19)12-7-8-13-11-21-22-16(13)10-12/h1-2,4-5,7-8,10-11H,3,6,9H2,(H,21,22). The normalized spacial score (nSPS) is 13.5. The molecule has 0 fully saturated rings. The number of halogens is 1. The van der Waals surface area contributed by atoms with Crippen molar-refractivity contribution in [2.75, 3.05) is 0 Å².